The van der Waals surface area contributed by atoms with Gasteiger partial charge >= 0.3 is 6.03 Å². The SMILES string of the molecule is C[C@]1(c2ccccc2F)NC(=O)N(CC(=O)N[C@](C)(C#N)C2CC2)C1=O. The van der Waals surface area contributed by atoms with E-state index in [1.165, 1.54) is 25.1 Å². The minimum absolute atomic E-state index is 0.0288. The Hall–Kier alpha value is -2.95. The van der Waals surface area contributed by atoms with Gasteiger partial charge in [0.15, 0.2) is 0 Å². The normalized spacial score (nSPS) is 24.6. The number of urea groups is 1. The van der Waals surface area contributed by atoms with E-state index in [4.69, 9.17) is 0 Å². The van der Waals surface area contributed by atoms with Crippen molar-refractivity contribution in [2.75, 3.05) is 6.54 Å². The quantitative estimate of drug-likeness (QED) is 0.777. The molecule has 2 atom stereocenters. The zero-order valence-electron chi connectivity index (χ0n) is 14.5. The second kappa shape index (κ2) is 6.09. The predicted molar refractivity (Wildman–Crippen MR) is 88.9 cm³/mol. The lowest BCUT2D eigenvalue weighted by atomic mass is 9.91. The maximum atomic E-state index is 14.1. The van der Waals surface area contributed by atoms with Gasteiger partial charge in [-0.05, 0) is 38.7 Å². The van der Waals surface area contributed by atoms with E-state index in [0.717, 1.165) is 17.7 Å². The van der Waals surface area contributed by atoms with Gasteiger partial charge in [-0.15, -0.1) is 0 Å². The summed E-state index contributed by atoms with van der Waals surface area (Å²) >= 11 is 0. The highest BCUT2D eigenvalue weighted by Gasteiger charge is 2.51. The molecule has 8 heteroatoms. The van der Waals surface area contributed by atoms with Gasteiger partial charge in [0.1, 0.15) is 23.4 Å². The number of carbonyl (C=O) groups excluding carboxylic acids is 3. The van der Waals surface area contributed by atoms with Crippen molar-refractivity contribution in [1.29, 1.82) is 5.26 Å². The van der Waals surface area contributed by atoms with Crippen LogP contribution in [0.15, 0.2) is 24.3 Å². The van der Waals surface area contributed by atoms with Gasteiger partial charge in [0, 0.05) is 5.56 Å². The van der Waals surface area contributed by atoms with Gasteiger partial charge in [-0.25, -0.2) is 9.18 Å². The molecule has 7 nitrogen and oxygen atoms in total. The molecule has 1 aliphatic heterocycles. The van der Waals surface area contributed by atoms with Crippen LogP contribution in [0.25, 0.3) is 0 Å². The second-order valence-electron chi connectivity index (χ2n) is 7.06. The van der Waals surface area contributed by atoms with Crippen molar-refractivity contribution >= 4 is 17.8 Å². The van der Waals surface area contributed by atoms with Crippen molar-refractivity contribution in [2.24, 2.45) is 5.92 Å². The first kappa shape index (κ1) is 17.9. The monoisotopic (exact) mass is 358 g/mol. The molecule has 4 amide bonds. The van der Waals surface area contributed by atoms with Crippen molar-refractivity contribution in [2.45, 2.75) is 37.8 Å². The molecule has 0 unspecified atom stereocenters. The van der Waals surface area contributed by atoms with E-state index in [9.17, 15) is 24.0 Å². The third kappa shape index (κ3) is 2.90. The van der Waals surface area contributed by atoms with Crippen LogP contribution in [0.4, 0.5) is 9.18 Å². The molecule has 1 aliphatic carbocycles. The summed E-state index contributed by atoms with van der Waals surface area (Å²) in [6, 6.07) is 6.96. The molecule has 0 radical (unpaired) electrons. The van der Waals surface area contributed by atoms with Crippen LogP contribution < -0.4 is 10.6 Å². The van der Waals surface area contributed by atoms with Crippen LogP contribution in [0, 0.1) is 23.1 Å². The van der Waals surface area contributed by atoms with Crippen LogP contribution >= 0.6 is 0 Å². The van der Waals surface area contributed by atoms with Crippen LogP contribution in [0.2, 0.25) is 0 Å². The van der Waals surface area contributed by atoms with Gasteiger partial charge in [0.05, 0.1) is 6.07 Å². The van der Waals surface area contributed by atoms with Gasteiger partial charge in [-0.2, -0.15) is 5.26 Å². The van der Waals surface area contributed by atoms with Crippen LogP contribution in [0.5, 0.6) is 0 Å². The van der Waals surface area contributed by atoms with Crippen molar-refractivity contribution < 1.29 is 18.8 Å². The molecule has 3 rings (SSSR count). The Bertz CT molecular complexity index is 832. The Kier molecular flexibility index (Phi) is 4.18. The van der Waals surface area contributed by atoms with E-state index >= 15 is 0 Å². The lowest BCUT2D eigenvalue weighted by molar-refractivity contribution is -0.135. The number of rotatable bonds is 5. The van der Waals surface area contributed by atoms with Gasteiger partial charge in [-0.3, -0.25) is 14.5 Å². The number of imide groups is 1. The second-order valence-corrected chi connectivity index (χ2v) is 7.06. The summed E-state index contributed by atoms with van der Waals surface area (Å²) in [6.07, 6.45) is 1.69. The molecule has 0 spiro atoms. The molecule has 2 fully saturated rings. The molecule has 26 heavy (non-hydrogen) atoms. The number of nitrogens with one attached hydrogen (secondary N) is 2. The van der Waals surface area contributed by atoms with Gasteiger partial charge < -0.3 is 10.6 Å². The first-order valence-electron chi connectivity index (χ1n) is 8.32. The molecule has 136 valence electrons. The largest absolute Gasteiger partial charge is 0.336 e. The van der Waals surface area contributed by atoms with Crippen LogP contribution in [0.1, 0.15) is 32.3 Å². The molecule has 0 aromatic heterocycles. The smallest absolute Gasteiger partial charge is 0.325 e. The maximum Gasteiger partial charge on any atom is 0.325 e. The van der Waals surface area contributed by atoms with E-state index < -0.39 is 41.3 Å². The highest BCUT2D eigenvalue weighted by atomic mass is 19.1. The van der Waals surface area contributed by atoms with E-state index in [0.29, 0.717) is 0 Å². The lowest BCUT2D eigenvalue weighted by Crippen LogP contribution is -2.51. The molecular weight excluding hydrogens is 339 g/mol. The number of carbonyl (C=O) groups is 3. The number of hydrogen-bond donors (Lipinski definition) is 2. The summed E-state index contributed by atoms with van der Waals surface area (Å²) in [7, 11) is 0. The third-order valence-corrected chi connectivity index (χ3v) is 5.01. The molecule has 2 N–H and O–H groups in total. The summed E-state index contributed by atoms with van der Waals surface area (Å²) in [4.78, 5) is 38.0. The number of nitriles is 1. The van der Waals surface area contributed by atoms with Crippen molar-refractivity contribution in [3.63, 3.8) is 0 Å². The molecular formula is C18H19FN4O3. The summed E-state index contributed by atoms with van der Waals surface area (Å²) in [5.41, 5.74) is -2.58. The number of nitrogens with zero attached hydrogens (tertiary/aromatic N) is 2. The molecule has 2 aliphatic rings. The van der Waals surface area contributed by atoms with E-state index in [1.807, 2.05) is 0 Å². The highest BCUT2D eigenvalue weighted by Crippen LogP contribution is 2.39. The van der Waals surface area contributed by atoms with E-state index in [2.05, 4.69) is 16.7 Å². The Balaban J connectivity index is 1.76. The van der Waals surface area contributed by atoms with E-state index in [-0.39, 0.29) is 11.5 Å². The standard InChI is InChI=1S/C18H19FN4O3/c1-17(10-20,11-7-8-11)21-14(24)9-23-15(25)18(2,22-16(23)26)12-5-3-4-6-13(12)19/h3-6,11H,7-9H2,1-2H3,(H,21,24)(H,22,26)/t17-,18-/m1/s1. The molecule has 1 heterocycles. The summed E-state index contributed by atoms with van der Waals surface area (Å²) in [5, 5.41) is 14.4. The number of halogens is 1. The summed E-state index contributed by atoms with van der Waals surface area (Å²) < 4.78 is 14.1. The predicted octanol–water partition coefficient (Wildman–Crippen LogP) is 1.40. The summed E-state index contributed by atoms with van der Waals surface area (Å²) in [6.45, 7) is 2.49. The lowest BCUT2D eigenvalue weighted by Gasteiger charge is -2.25. The van der Waals surface area contributed by atoms with Crippen molar-refractivity contribution in [3.05, 3.63) is 35.6 Å². The fourth-order valence-corrected chi connectivity index (χ4v) is 3.24. The zero-order valence-corrected chi connectivity index (χ0v) is 14.5. The minimum Gasteiger partial charge on any atom is -0.336 e. The maximum absolute atomic E-state index is 14.1. The molecule has 0 bridgehead atoms. The zero-order chi connectivity index (χ0) is 19.1. The summed E-state index contributed by atoms with van der Waals surface area (Å²) in [5.74, 6) is -1.88. The first-order chi connectivity index (χ1) is 12.2. The first-order valence-corrected chi connectivity index (χ1v) is 8.32. The molecule has 1 aromatic rings. The van der Waals surface area contributed by atoms with Crippen molar-refractivity contribution in [1.82, 2.24) is 15.5 Å². The fourth-order valence-electron chi connectivity index (χ4n) is 3.24. The Labute approximate surface area is 150 Å². The van der Waals surface area contributed by atoms with Gasteiger partial charge in [-0.1, -0.05) is 18.2 Å². The van der Waals surface area contributed by atoms with Crippen LogP contribution in [-0.2, 0) is 15.1 Å². The molecule has 1 aromatic carbocycles. The Morgan fingerprint density at radius 2 is 2.12 bits per heavy atom. The molecule has 1 saturated carbocycles. The highest BCUT2D eigenvalue weighted by molar-refractivity contribution is 6.09. The van der Waals surface area contributed by atoms with Crippen LogP contribution in [-0.4, -0.2) is 34.8 Å². The molecule has 1 saturated heterocycles. The van der Waals surface area contributed by atoms with Gasteiger partial charge in [0.25, 0.3) is 5.91 Å². The van der Waals surface area contributed by atoms with Crippen molar-refractivity contribution in [3.8, 4) is 6.07 Å². The number of amides is 4. The average molecular weight is 358 g/mol. The van der Waals surface area contributed by atoms with Crippen LogP contribution in [0.3, 0.4) is 0 Å². The van der Waals surface area contributed by atoms with E-state index in [1.54, 1.807) is 13.0 Å². The fraction of sp³-hybridized carbons (Fsp3) is 0.444. The topological polar surface area (TPSA) is 102 Å². The Morgan fingerprint density at radius 1 is 1.46 bits per heavy atom. The third-order valence-electron chi connectivity index (χ3n) is 5.01. The van der Waals surface area contributed by atoms with Gasteiger partial charge in [0.2, 0.25) is 5.91 Å². The average Bonchev–Trinajstić information content (AvgIpc) is 3.41. The minimum atomic E-state index is -1.59. The number of hydrogen-bond acceptors (Lipinski definition) is 4. The number of benzene rings is 1. The Morgan fingerprint density at radius 3 is 2.69 bits per heavy atom.